The summed E-state index contributed by atoms with van der Waals surface area (Å²) in [7, 11) is -3.44. The Morgan fingerprint density at radius 1 is 1.00 bits per heavy atom. The van der Waals surface area contributed by atoms with Gasteiger partial charge in [0.05, 0.1) is 11.0 Å². The average Bonchev–Trinajstić information content (AvgIpc) is 2.99. The summed E-state index contributed by atoms with van der Waals surface area (Å²) in [6, 6.07) is 8.61. The number of hydrogen-bond acceptors (Lipinski definition) is 3. The van der Waals surface area contributed by atoms with Crippen LogP contribution >= 0.6 is 0 Å². The van der Waals surface area contributed by atoms with E-state index in [1.165, 1.54) is 0 Å². The van der Waals surface area contributed by atoms with E-state index in [0.29, 0.717) is 11.4 Å². The van der Waals surface area contributed by atoms with Gasteiger partial charge in [0.25, 0.3) is 0 Å². The number of aliphatic hydroxyl groups is 1. The van der Waals surface area contributed by atoms with Crippen LogP contribution in [0.25, 0.3) is 0 Å². The third kappa shape index (κ3) is 2.87. The highest BCUT2D eigenvalue weighted by molar-refractivity contribution is 7.89. The molecule has 0 spiro atoms. The monoisotopic (exact) mass is 309 g/mol. The van der Waals surface area contributed by atoms with Crippen molar-refractivity contribution in [3.05, 3.63) is 30.3 Å². The first-order valence-corrected chi connectivity index (χ1v) is 9.29. The molecule has 1 saturated carbocycles. The molecule has 0 amide bonds. The highest BCUT2D eigenvalue weighted by Crippen LogP contribution is 2.37. The van der Waals surface area contributed by atoms with E-state index in [-0.39, 0.29) is 18.1 Å². The summed E-state index contributed by atoms with van der Waals surface area (Å²) >= 11 is 0. The summed E-state index contributed by atoms with van der Waals surface area (Å²) < 4.78 is 27.3. The Morgan fingerprint density at radius 2 is 1.71 bits per heavy atom. The van der Waals surface area contributed by atoms with Crippen molar-refractivity contribution in [2.75, 3.05) is 6.54 Å². The fourth-order valence-electron chi connectivity index (χ4n) is 3.81. The lowest BCUT2D eigenvalue weighted by Gasteiger charge is -2.36. The van der Waals surface area contributed by atoms with Gasteiger partial charge in [-0.05, 0) is 37.8 Å². The van der Waals surface area contributed by atoms with E-state index in [9.17, 15) is 13.5 Å². The number of aliphatic hydroxyl groups excluding tert-OH is 1. The Labute approximate surface area is 126 Å². The van der Waals surface area contributed by atoms with Crippen LogP contribution in [0.1, 0.15) is 38.5 Å². The van der Waals surface area contributed by atoms with E-state index in [2.05, 4.69) is 0 Å². The van der Waals surface area contributed by atoms with Gasteiger partial charge in [0, 0.05) is 18.5 Å². The molecule has 116 valence electrons. The summed E-state index contributed by atoms with van der Waals surface area (Å²) in [5.41, 5.74) is 0. The Hall–Kier alpha value is -0.910. The van der Waals surface area contributed by atoms with E-state index in [4.69, 9.17) is 0 Å². The van der Waals surface area contributed by atoms with E-state index in [1.807, 2.05) is 6.07 Å². The quantitative estimate of drug-likeness (QED) is 0.932. The number of sulfonamides is 1. The van der Waals surface area contributed by atoms with Crippen molar-refractivity contribution in [2.24, 2.45) is 5.92 Å². The molecule has 1 N–H and O–H groups in total. The molecule has 4 nitrogen and oxygen atoms in total. The van der Waals surface area contributed by atoms with Crippen molar-refractivity contribution in [1.29, 1.82) is 0 Å². The maximum absolute atomic E-state index is 12.8. The van der Waals surface area contributed by atoms with E-state index in [1.54, 1.807) is 28.6 Å². The number of rotatable bonds is 3. The van der Waals surface area contributed by atoms with Gasteiger partial charge in [-0.3, -0.25) is 0 Å². The zero-order valence-electron chi connectivity index (χ0n) is 12.2. The third-order valence-electron chi connectivity index (χ3n) is 4.87. The lowest BCUT2D eigenvalue weighted by atomic mass is 9.81. The van der Waals surface area contributed by atoms with Crippen LogP contribution in [0.5, 0.6) is 0 Å². The van der Waals surface area contributed by atoms with Crippen molar-refractivity contribution in [3.8, 4) is 0 Å². The molecule has 3 unspecified atom stereocenters. The second-order valence-corrected chi connectivity index (χ2v) is 8.04. The molecular weight excluding hydrogens is 286 g/mol. The highest BCUT2D eigenvalue weighted by atomic mass is 32.2. The first-order valence-electron chi connectivity index (χ1n) is 7.85. The third-order valence-corrected chi connectivity index (χ3v) is 6.81. The van der Waals surface area contributed by atoms with Crippen molar-refractivity contribution in [1.82, 2.24) is 4.31 Å². The van der Waals surface area contributed by atoms with Crippen LogP contribution < -0.4 is 0 Å². The molecule has 1 heterocycles. The fourth-order valence-corrected chi connectivity index (χ4v) is 5.57. The van der Waals surface area contributed by atoms with Gasteiger partial charge >= 0.3 is 0 Å². The second-order valence-electron chi connectivity index (χ2n) is 6.15. The van der Waals surface area contributed by atoms with Gasteiger partial charge in [0.2, 0.25) is 10.0 Å². The van der Waals surface area contributed by atoms with Crippen LogP contribution in [0.15, 0.2) is 35.2 Å². The van der Waals surface area contributed by atoms with Gasteiger partial charge in [-0.2, -0.15) is 4.31 Å². The Bertz CT molecular complexity index is 572. The predicted octanol–water partition coefficient (Wildman–Crippen LogP) is 2.39. The minimum Gasteiger partial charge on any atom is -0.393 e. The predicted molar refractivity (Wildman–Crippen MR) is 81.3 cm³/mol. The minimum absolute atomic E-state index is 0.0366. The number of benzene rings is 1. The Kier molecular flexibility index (Phi) is 4.33. The van der Waals surface area contributed by atoms with Gasteiger partial charge in [0.1, 0.15) is 0 Å². The molecule has 3 rings (SSSR count). The SMILES string of the molecule is O=S(=O)(c1ccccc1)N1CCCC1C1CCCCC1O. The molecule has 1 aliphatic heterocycles. The van der Waals surface area contributed by atoms with Gasteiger partial charge < -0.3 is 5.11 Å². The normalized spacial score (nSPS) is 31.4. The molecular formula is C16H23NO3S. The first-order chi connectivity index (χ1) is 10.1. The molecule has 0 bridgehead atoms. The summed E-state index contributed by atoms with van der Waals surface area (Å²) in [5, 5.41) is 10.3. The molecule has 1 aromatic rings. The summed E-state index contributed by atoms with van der Waals surface area (Å²) in [5.74, 6) is 0.0970. The standard InChI is InChI=1S/C16H23NO3S/c18-16-11-5-4-9-14(16)15-10-6-12-17(15)21(19,20)13-7-2-1-3-8-13/h1-3,7-8,14-16,18H,4-6,9-12H2. The minimum atomic E-state index is -3.44. The van der Waals surface area contributed by atoms with Crippen molar-refractivity contribution >= 4 is 10.0 Å². The maximum atomic E-state index is 12.8. The van der Waals surface area contributed by atoms with E-state index >= 15 is 0 Å². The van der Waals surface area contributed by atoms with Crippen LogP contribution in [-0.4, -0.2) is 36.5 Å². The van der Waals surface area contributed by atoms with Crippen LogP contribution in [-0.2, 0) is 10.0 Å². The Morgan fingerprint density at radius 3 is 2.43 bits per heavy atom. The lowest BCUT2D eigenvalue weighted by Crippen LogP contribution is -2.45. The van der Waals surface area contributed by atoms with Crippen LogP contribution in [0, 0.1) is 5.92 Å². The second kappa shape index (κ2) is 6.07. The maximum Gasteiger partial charge on any atom is 0.243 e. The topological polar surface area (TPSA) is 57.6 Å². The zero-order valence-corrected chi connectivity index (χ0v) is 13.0. The van der Waals surface area contributed by atoms with E-state index < -0.39 is 10.0 Å². The molecule has 5 heteroatoms. The van der Waals surface area contributed by atoms with Crippen molar-refractivity contribution < 1.29 is 13.5 Å². The summed E-state index contributed by atoms with van der Waals surface area (Å²) in [4.78, 5) is 0.363. The number of nitrogens with zero attached hydrogens (tertiary/aromatic N) is 1. The van der Waals surface area contributed by atoms with Crippen molar-refractivity contribution in [2.45, 2.75) is 55.6 Å². The lowest BCUT2D eigenvalue weighted by molar-refractivity contribution is 0.0386. The zero-order chi connectivity index (χ0) is 14.9. The number of hydrogen-bond donors (Lipinski definition) is 1. The van der Waals surface area contributed by atoms with Gasteiger partial charge in [0.15, 0.2) is 0 Å². The molecule has 21 heavy (non-hydrogen) atoms. The fraction of sp³-hybridized carbons (Fsp3) is 0.625. The molecule has 1 saturated heterocycles. The molecule has 1 aromatic carbocycles. The smallest absolute Gasteiger partial charge is 0.243 e. The van der Waals surface area contributed by atoms with Gasteiger partial charge in [-0.1, -0.05) is 31.0 Å². The Balaban J connectivity index is 1.87. The molecule has 1 aliphatic carbocycles. The molecule has 2 aliphatic rings. The first kappa shape index (κ1) is 15.0. The molecule has 2 fully saturated rings. The largest absolute Gasteiger partial charge is 0.393 e. The average molecular weight is 309 g/mol. The van der Waals surface area contributed by atoms with Crippen LogP contribution in [0.4, 0.5) is 0 Å². The van der Waals surface area contributed by atoms with E-state index in [0.717, 1.165) is 38.5 Å². The van der Waals surface area contributed by atoms with Crippen LogP contribution in [0.2, 0.25) is 0 Å². The molecule has 0 radical (unpaired) electrons. The summed E-state index contributed by atoms with van der Waals surface area (Å²) in [6.45, 7) is 0.575. The molecule has 0 aromatic heterocycles. The van der Waals surface area contributed by atoms with Gasteiger partial charge in [-0.25, -0.2) is 8.42 Å². The highest BCUT2D eigenvalue weighted by Gasteiger charge is 2.42. The van der Waals surface area contributed by atoms with Crippen molar-refractivity contribution in [3.63, 3.8) is 0 Å². The summed E-state index contributed by atoms with van der Waals surface area (Å²) in [6.07, 6.45) is 5.30. The van der Waals surface area contributed by atoms with Gasteiger partial charge in [-0.15, -0.1) is 0 Å². The van der Waals surface area contributed by atoms with Crippen LogP contribution in [0.3, 0.4) is 0 Å². The molecule has 3 atom stereocenters.